The van der Waals surface area contributed by atoms with Crippen LogP contribution in [0.5, 0.6) is 17.2 Å². The highest BCUT2D eigenvalue weighted by Gasteiger charge is 2.31. The molecule has 0 bridgehead atoms. The van der Waals surface area contributed by atoms with E-state index in [4.69, 9.17) is 14.2 Å². The molecule has 1 aromatic carbocycles. The van der Waals surface area contributed by atoms with E-state index in [0.29, 0.717) is 24.1 Å². The summed E-state index contributed by atoms with van der Waals surface area (Å²) < 4.78 is 18.3. The van der Waals surface area contributed by atoms with E-state index in [0.717, 1.165) is 24.5 Å². The molecule has 2 aliphatic heterocycles. The molecule has 1 N–H and O–H groups in total. The lowest BCUT2D eigenvalue weighted by molar-refractivity contribution is 0.0199. The first-order valence-corrected chi connectivity index (χ1v) is 8.54. The van der Waals surface area contributed by atoms with Gasteiger partial charge in [0.2, 0.25) is 6.79 Å². The maximum atomic E-state index is 10.2. The fourth-order valence-electron chi connectivity index (χ4n) is 3.37. The van der Waals surface area contributed by atoms with Gasteiger partial charge >= 0.3 is 0 Å². The summed E-state index contributed by atoms with van der Waals surface area (Å²) in [6.45, 7) is 6.99. The number of likely N-dealkylation sites (tertiary alicyclic amines) is 1. The molecule has 1 unspecified atom stereocenters. The predicted molar refractivity (Wildman–Crippen MR) is 91.2 cm³/mol. The van der Waals surface area contributed by atoms with E-state index in [2.05, 4.69) is 27.7 Å². The second kappa shape index (κ2) is 6.57. The summed E-state index contributed by atoms with van der Waals surface area (Å²) in [6.07, 6.45) is -0.535. The van der Waals surface area contributed by atoms with Crippen LogP contribution in [0.25, 0.3) is 0 Å². The van der Waals surface area contributed by atoms with Crippen molar-refractivity contribution in [1.29, 1.82) is 0 Å². The molecule has 3 heterocycles. The Morgan fingerprint density at radius 2 is 2.04 bits per heavy atom. The quantitative estimate of drug-likeness (QED) is 0.856. The first-order valence-electron chi connectivity index (χ1n) is 8.54. The molecule has 134 valence electrons. The number of aliphatic hydroxyl groups is 1. The number of aromatic nitrogens is 2. The molecule has 1 fully saturated rings. The van der Waals surface area contributed by atoms with Crippen LogP contribution in [0.3, 0.4) is 0 Å². The third-order valence-electron chi connectivity index (χ3n) is 4.58. The largest absolute Gasteiger partial charge is 0.491 e. The average Bonchev–Trinajstić information content (AvgIpc) is 3.13. The van der Waals surface area contributed by atoms with Crippen molar-refractivity contribution in [2.24, 2.45) is 0 Å². The third kappa shape index (κ3) is 3.43. The van der Waals surface area contributed by atoms with Crippen molar-refractivity contribution in [2.45, 2.75) is 26.0 Å². The number of ether oxygens (including phenoxy) is 3. The van der Waals surface area contributed by atoms with Gasteiger partial charge in [0.25, 0.3) is 0 Å². The lowest BCUT2D eigenvalue weighted by atomic mass is 10.1. The van der Waals surface area contributed by atoms with Gasteiger partial charge in [0.15, 0.2) is 11.5 Å². The molecule has 1 saturated heterocycles. The molecule has 2 aliphatic rings. The van der Waals surface area contributed by atoms with Crippen LogP contribution in [0, 0.1) is 13.8 Å². The minimum Gasteiger partial charge on any atom is -0.491 e. The molecule has 0 spiro atoms. The Hall–Kier alpha value is -2.25. The summed E-state index contributed by atoms with van der Waals surface area (Å²) >= 11 is 0. The SMILES string of the molecule is Cc1cc(C)n(C2CN(CC(O)COc3ccc4c(c3)OCO4)C2)n1. The summed E-state index contributed by atoms with van der Waals surface area (Å²) in [5.74, 6) is 2.08. The second-order valence-electron chi connectivity index (χ2n) is 6.72. The Balaban J connectivity index is 1.22. The number of fused-ring (bicyclic) bond motifs is 1. The molecule has 7 nitrogen and oxygen atoms in total. The molecule has 0 radical (unpaired) electrons. The highest BCUT2D eigenvalue weighted by atomic mass is 16.7. The molecule has 1 atom stereocenters. The summed E-state index contributed by atoms with van der Waals surface area (Å²) in [7, 11) is 0. The Labute approximate surface area is 146 Å². The van der Waals surface area contributed by atoms with Gasteiger partial charge in [0.1, 0.15) is 18.5 Å². The molecule has 1 aromatic heterocycles. The topological polar surface area (TPSA) is 69.0 Å². The van der Waals surface area contributed by atoms with Crippen molar-refractivity contribution in [3.05, 3.63) is 35.7 Å². The van der Waals surface area contributed by atoms with Gasteiger partial charge in [0.05, 0.1) is 11.7 Å². The van der Waals surface area contributed by atoms with Gasteiger partial charge in [-0.25, -0.2) is 0 Å². The van der Waals surface area contributed by atoms with E-state index in [1.165, 1.54) is 5.69 Å². The monoisotopic (exact) mass is 345 g/mol. The van der Waals surface area contributed by atoms with Crippen molar-refractivity contribution in [2.75, 3.05) is 33.0 Å². The fourth-order valence-corrected chi connectivity index (χ4v) is 3.37. The fraction of sp³-hybridized carbons (Fsp3) is 0.500. The van der Waals surface area contributed by atoms with Crippen LogP contribution in [0.2, 0.25) is 0 Å². The maximum absolute atomic E-state index is 10.2. The minimum absolute atomic E-state index is 0.243. The van der Waals surface area contributed by atoms with Gasteiger partial charge < -0.3 is 19.3 Å². The average molecular weight is 345 g/mol. The Morgan fingerprint density at radius 3 is 2.80 bits per heavy atom. The number of hydrogen-bond donors (Lipinski definition) is 1. The molecule has 7 heteroatoms. The number of benzene rings is 1. The van der Waals surface area contributed by atoms with Crippen LogP contribution in [0.15, 0.2) is 24.3 Å². The highest BCUT2D eigenvalue weighted by Crippen LogP contribution is 2.35. The van der Waals surface area contributed by atoms with E-state index in [1.54, 1.807) is 6.07 Å². The van der Waals surface area contributed by atoms with Gasteiger partial charge in [-0.2, -0.15) is 5.10 Å². The Kier molecular flexibility index (Phi) is 4.27. The molecule has 0 saturated carbocycles. The summed E-state index contributed by atoms with van der Waals surface area (Å²) in [5.41, 5.74) is 2.24. The highest BCUT2D eigenvalue weighted by molar-refractivity contribution is 5.46. The maximum Gasteiger partial charge on any atom is 0.231 e. The van der Waals surface area contributed by atoms with E-state index in [9.17, 15) is 5.11 Å². The van der Waals surface area contributed by atoms with Crippen LogP contribution in [-0.4, -0.2) is 58.9 Å². The van der Waals surface area contributed by atoms with Crippen LogP contribution >= 0.6 is 0 Å². The summed E-state index contributed by atoms with van der Waals surface area (Å²) in [4.78, 5) is 2.22. The first kappa shape index (κ1) is 16.2. The third-order valence-corrected chi connectivity index (χ3v) is 4.58. The normalized spacial score (nSPS) is 18.2. The van der Waals surface area contributed by atoms with E-state index in [-0.39, 0.29) is 13.4 Å². The van der Waals surface area contributed by atoms with Gasteiger partial charge in [0, 0.05) is 31.4 Å². The van der Waals surface area contributed by atoms with Crippen molar-refractivity contribution in [1.82, 2.24) is 14.7 Å². The predicted octanol–water partition coefficient (Wildman–Crippen LogP) is 1.53. The molecule has 4 rings (SSSR count). The molecule has 2 aromatic rings. The van der Waals surface area contributed by atoms with Crippen molar-refractivity contribution < 1.29 is 19.3 Å². The van der Waals surface area contributed by atoms with Crippen LogP contribution in [0.4, 0.5) is 0 Å². The smallest absolute Gasteiger partial charge is 0.231 e. The standard InChI is InChI=1S/C18H23N3O4/c1-12-5-13(2)21(19-12)14-7-20(8-14)9-15(22)10-23-16-3-4-17-18(6-16)25-11-24-17/h3-6,14-15,22H,7-11H2,1-2H3. The van der Waals surface area contributed by atoms with Gasteiger partial charge in [-0.3, -0.25) is 9.58 Å². The number of rotatable bonds is 6. The van der Waals surface area contributed by atoms with Crippen molar-refractivity contribution in [3.63, 3.8) is 0 Å². The Morgan fingerprint density at radius 1 is 1.24 bits per heavy atom. The first-order chi connectivity index (χ1) is 12.1. The van der Waals surface area contributed by atoms with Gasteiger partial charge in [-0.1, -0.05) is 0 Å². The molecular weight excluding hydrogens is 322 g/mol. The van der Waals surface area contributed by atoms with Crippen LogP contribution < -0.4 is 14.2 Å². The van der Waals surface area contributed by atoms with E-state index >= 15 is 0 Å². The molecular formula is C18H23N3O4. The summed E-state index contributed by atoms with van der Waals surface area (Å²) in [5, 5.41) is 14.7. The second-order valence-corrected chi connectivity index (χ2v) is 6.72. The number of aryl methyl sites for hydroxylation is 2. The van der Waals surface area contributed by atoms with Gasteiger partial charge in [-0.15, -0.1) is 0 Å². The van der Waals surface area contributed by atoms with Crippen LogP contribution in [0.1, 0.15) is 17.4 Å². The zero-order valence-corrected chi connectivity index (χ0v) is 14.5. The molecule has 25 heavy (non-hydrogen) atoms. The number of nitrogens with zero attached hydrogens (tertiary/aromatic N) is 3. The van der Waals surface area contributed by atoms with E-state index in [1.807, 2.05) is 19.1 Å². The van der Waals surface area contributed by atoms with Crippen molar-refractivity contribution >= 4 is 0 Å². The number of β-amino-alcohol motifs (C(OH)–C–C–N with tert-alkyl or cyclic N) is 1. The zero-order chi connectivity index (χ0) is 17.4. The van der Waals surface area contributed by atoms with Crippen LogP contribution in [-0.2, 0) is 0 Å². The zero-order valence-electron chi connectivity index (χ0n) is 14.5. The summed E-state index contributed by atoms with van der Waals surface area (Å²) in [6, 6.07) is 7.92. The van der Waals surface area contributed by atoms with Crippen molar-refractivity contribution in [3.8, 4) is 17.2 Å². The number of aliphatic hydroxyl groups excluding tert-OH is 1. The minimum atomic E-state index is -0.535. The van der Waals surface area contributed by atoms with E-state index < -0.39 is 6.10 Å². The molecule has 0 amide bonds. The lowest BCUT2D eigenvalue weighted by Crippen LogP contribution is -2.51. The lowest BCUT2D eigenvalue weighted by Gasteiger charge is -2.40. The molecule has 0 aliphatic carbocycles. The van der Waals surface area contributed by atoms with Gasteiger partial charge in [-0.05, 0) is 32.0 Å². The number of hydrogen-bond acceptors (Lipinski definition) is 6. The Bertz CT molecular complexity index is 755.